The fraction of sp³-hybridized carbons (Fsp3) is 0.333. The lowest BCUT2D eigenvalue weighted by atomic mass is 10.2. The van der Waals surface area contributed by atoms with Gasteiger partial charge < -0.3 is 10.2 Å². The third-order valence-electron chi connectivity index (χ3n) is 3.45. The lowest BCUT2D eigenvalue weighted by molar-refractivity contribution is -0.118. The van der Waals surface area contributed by atoms with Crippen LogP contribution in [0.2, 0.25) is 0 Å². The first-order chi connectivity index (χ1) is 10.5. The van der Waals surface area contributed by atoms with Crippen molar-refractivity contribution in [2.24, 2.45) is 5.92 Å². The molecule has 4 nitrogen and oxygen atoms in total. The minimum atomic E-state index is -0.0425. The number of carbonyl (C=O) groups is 1. The Kier molecular flexibility index (Phi) is 5.15. The molecule has 0 spiro atoms. The summed E-state index contributed by atoms with van der Waals surface area (Å²) in [6.45, 7) is 8.74. The van der Waals surface area contributed by atoms with Gasteiger partial charge in [0.25, 0.3) is 0 Å². The van der Waals surface area contributed by atoms with Gasteiger partial charge >= 0.3 is 0 Å². The lowest BCUT2D eigenvalue weighted by Crippen LogP contribution is -2.19. The van der Waals surface area contributed by atoms with Crippen molar-refractivity contribution in [2.45, 2.75) is 27.7 Å². The van der Waals surface area contributed by atoms with Gasteiger partial charge in [-0.1, -0.05) is 26.0 Å². The molecule has 4 heteroatoms. The molecular weight excluding hydrogens is 274 g/mol. The molecule has 0 aliphatic rings. The summed E-state index contributed by atoms with van der Waals surface area (Å²) < 4.78 is 0. The predicted molar refractivity (Wildman–Crippen MR) is 91.6 cm³/mol. The molecule has 0 saturated heterocycles. The van der Waals surface area contributed by atoms with E-state index in [0.29, 0.717) is 0 Å². The first-order valence-corrected chi connectivity index (χ1v) is 7.62. The van der Waals surface area contributed by atoms with E-state index in [1.165, 1.54) is 5.56 Å². The van der Waals surface area contributed by atoms with Gasteiger partial charge in [0, 0.05) is 18.2 Å². The molecule has 2 aromatic rings. The van der Waals surface area contributed by atoms with Crippen LogP contribution < -0.4 is 10.2 Å². The summed E-state index contributed by atoms with van der Waals surface area (Å²) in [4.78, 5) is 18.3. The van der Waals surface area contributed by atoms with Crippen LogP contribution in [0, 0.1) is 12.8 Å². The maximum atomic E-state index is 11.7. The molecule has 0 bridgehead atoms. The summed E-state index contributed by atoms with van der Waals surface area (Å²) in [5, 5.41) is 2.85. The zero-order chi connectivity index (χ0) is 16.1. The third-order valence-corrected chi connectivity index (χ3v) is 3.45. The minimum Gasteiger partial charge on any atom is -0.327 e. The van der Waals surface area contributed by atoms with Crippen molar-refractivity contribution in [1.29, 1.82) is 0 Å². The van der Waals surface area contributed by atoms with E-state index in [9.17, 15) is 4.79 Å². The van der Waals surface area contributed by atoms with Crippen LogP contribution in [0.4, 0.5) is 17.2 Å². The van der Waals surface area contributed by atoms with Crippen molar-refractivity contribution in [3.8, 4) is 0 Å². The Labute approximate surface area is 132 Å². The molecule has 1 aromatic carbocycles. The van der Waals surface area contributed by atoms with Gasteiger partial charge in [0.1, 0.15) is 5.82 Å². The highest BCUT2D eigenvalue weighted by Gasteiger charge is 2.10. The molecule has 0 unspecified atom stereocenters. The summed E-state index contributed by atoms with van der Waals surface area (Å²) in [6, 6.07) is 12.2. The summed E-state index contributed by atoms with van der Waals surface area (Å²) in [7, 11) is 0. The number of nitrogens with zero attached hydrogens (tertiary/aromatic N) is 2. The van der Waals surface area contributed by atoms with Gasteiger partial charge in [0.05, 0.1) is 11.9 Å². The highest BCUT2D eigenvalue weighted by Crippen LogP contribution is 2.24. The normalized spacial score (nSPS) is 10.6. The zero-order valence-corrected chi connectivity index (χ0v) is 13.6. The van der Waals surface area contributed by atoms with E-state index in [2.05, 4.69) is 47.2 Å². The first-order valence-electron chi connectivity index (χ1n) is 7.62. The predicted octanol–water partition coefficient (Wildman–Crippen LogP) is 4.14. The van der Waals surface area contributed by atoms with E-state index in [0.717, 1.165) is 23.7 Å². The van der Waals surface area contributed by atoms with Crippen molar-refractivity contribution in [2.75, 3.05) is 16.8 Å². The van der Waals surface area contributed by atoms with E-state index in [1.54, 1.807) is 6.20 Å². The fourth-order valence-electron chi connectivity index (χ4n) is 2.18. The third kappa shape index (κ3) is 3.85. The molecule has 0 radical (unpaired) electrons. The van der Waals surface area contributed by atoms with Gasteiger partial charge in [-0.3, -0.25) is 4.79 Å². The van der Waals surface area contributed by atoms with Crippen molar-refractivity contribution < 1.29 is 4.79 Å². The Morgan fingerprint density at radius 1 is 1.27 bits per heavy atom. The maximum Gasteiger partial charge on any atom is 0.226 e. The maximum absolute atomic E-state index is 11.7. The van der Waals surface area contributed by atoms with E-state index in [1.807, 2.05) is 32.0 Å². The molecule has 22 heavy (non-hydrogen) atoms. The average Bonchev–Trinajstić information content (AvgIpc) is 2.49. The van der Waals surface area contributed by atoms with Crippen LogP contribution >= 0.6 is 0 Å². The van der Waals surface area contributed by atoms with Crippen LogP contribution in [0.1, 0.15) is 26.3 Å². The fourth-order valence-corrected chi connectivity index (χ4v) is 2.18. The monoisotopic (exact) mass is 297 g/mol. The van der Waals surface area contributed by atoms with Gasteiger partial charge in [-0.25, -0.2) is 4.98 Å². The summed E-state index contributed by atoms with van der Waals surface area (Å²) in [6.07, 6.45) is 1.70. The number of amides is 1. The highest BCUT2D eigenvalue weighted by molar-refractivity contribution is 5.92. The molecular formula is C18H23N3O. The Bertz CT molecular complexity index is 635. The average molecular weight is 297 g/mol. The summed E-state index contributed by atoms with van der Waals surface area (Å²) in [5.41, 5.74) is 3.06. The standard InChI is InChI=1S/C18H23N3O/c1-5-21(16-8-6-7-14(4)11-16)17-10-9-15(12-19-17)20-18(22)13(2)3/h6-13H,5H2,1-4H3,(H,20,22). The molecule has 1 amide bonds. The van der Waals surface area contributed by atoms with Crippen molar-refractivity contribution >= 4 is 23.1 Å². The van der Waals surface area contributed by atoms with Crippen LogP contribution in [0.25, 0.3) is 0 Å². The summed E-state index contributed by atoms with van der Waals surface area (Å²) >= 11 is 0. The van der Waals surface area contributed by atoms with Crippen LogP contribution in [-0.4, -0.2) is 17.4 Å². The smallest absolute Gasteiger partial charge is 0.226 e. The van der Waals surface area contributed by atoms with Gasteiger partial charge in [0.2, 0.25) is 5.91 Å². The van der Waals surface area contributed by atoms with Gasteiger partial charge in [-0.2, -0.15) is 0 Å². The van der Waals surface area contributed by atoms with E-state index < -0.39 is 0 Å². The quantitative estimate of drug-likeness (QED) is 0.902. The number of benzene rings is 1. The van der Waals surface area contributed by atoms with Crippen LogP contribution in [0.15, 0.2) is 42.6 Å². The number of carbonyl (C=O) groups excluding carboxylic acids is 1. The van der Waals surface area contributed by atoms with Crippen molar-refractivity contribution in [3.63, 3.8) is 0 Å². The Hall–Kier alpha value is -2.36. The van der Waals surface area contributed by atoms with E-state index in [-0.39, 0.29) is 11.8 Å². The Balaban J connectivity index is 2.19. The highest BCUT2D eigenvalue weighted by atomic mass is 16.1. The molecule has 0 saturated carbocycles. The number of hydrogen-bond acceptors (Lipinski definition) is 3. The molecule has 0 aliphatic heterocycles. The number of aryl methyl sites for hydroxylation is 1. The van der Waals surface area contributed by atoms with Crippen LogP contribution in [-0.2, 0) is 4.79 Å². The zero-order valence-electron chi connectivity index (χ0n) is 13.6. The number of anilines is 3. The van der Waals surface area contributed by atoms with Gasteiger partial charge in [0.15, 0.2) is 0 Å². The summed E-state index contributed by atoms with van der Waals surface area (Å²) in [5.74, 6) is 0.829. The van der Waals surface area contributed by atoms with Crippen LogP contribution in [0.5, 0.6) is 0 Å². The number of hydrogen-bond donors (Lipinski definition) is 1. The largest absolute Gasteiger partial charge is 0.327 e. The van der Waals surface area contributed by atoms with Crippen molar-refractivity contribution in [3.05, 3.63) is 48.2 Å². The second-order valence-electron chi connectivity index (χ2n) is 5.63. The molecule has 2 rings (SSSR count). The van der Waals surface area contributed by atoms with Crippen LogP contribution in [0.3, 0.4) is 0 Å². The second kappa shape index (κ2) is 7.07. The Morgan fingerprint density at radius 3 is 2.59 bits per heavy atom. The number of pyridine rings is 1. The van der Waals surface area contributed by atoms with E-state index in [4.69, 9.17) is 0 Å². The SMILES string of the molecule is CCN(c1cccc(C)c1)c1ccc(NC(=O)C(C)C)cn1. The molecule has 1 heterocycles. The Morgan fingerprint density at radius 2 is 2.05 bits per heavy atom. The van der Waals surface area contributed by atoms with E-state index >= 15 is 0 Å². The molecule has 116 valence electrons. The minimum absolute atomic E-state index is 0.000539. The lowest BCUT2D eigenvalue weighted by Gasteiger charge is -2.22. The molecule has 0 atom stereocenters. The molecule has 0 fully saturated rings. The molecule has 0 aliphatic carbocycles. The second-order valence-corrected chi connectivity index (χ2v) is 5.63. The van der Waals surface area contributed by atoms with Gasteiger partial charge in [-0.15, -0.1) is 0 Å². The molecule has 1 aromatic heterocycles. The molecule has 1 N–H and O–H groups in total. The first kappa shape index (κ1) is 16.0. The number of nitrogens with one attached hydrogen (secondary N) is 1. The number of aromatic nitrogens is 1. The number of rotatable bonds is 5. The van der Waals surface area contributed by atoms with Crippen molar-refractivity contribution in [1.82, 2.24) is 4.98 Å². The topological polar surface area (TPSA) is 45.2 Å². The van der Waals surface area contributed by atoms with Gasteiger partial charge in [-0.05, 0) is 43.7 Å².